The maximum atomic E-state index is 11.3. The van der Waals surface area contributed by atoms with E-state index < -0.39 is 9.84 Å². The van der Waals surface area contributed by atoms with Crippen LogP contribution < -0.4 is 11.1 Å². The first kappa shape index (κ1) is 13.4. The lowest BCUT2D eigenvalue weighted by Gasteiger charge is -2.27. The molecule has 4 nitrogen and oxygen atoms in total. The smallest absolute Gasteiger partial charge is 0.175 e. The van der Waals surface area contributed by atoms with Crippen LogP contribution in [0.4, 0.5) is 5.69 Å². The second-order valence-electron chi connectivity index (χ2n) is 5.05. The molecule has 0 aliphatic heterocycles. The van der Waals surface area contributed by atoms with Crippen molar-refractivity contribution in [1.29, 1.82) is 0 Å². The quantitative estimate of drug-likeness (QED) is 0.876. The van der Waals surface area contributed by atoms with Crippen LogP contribution in [0.15, 0.2) is 29.2 Å². The first-order chi connectivity index (χ1) is 8.45. The molecule has 1 fully saturated rings. The molecular weight excluding hydrogens is 248 g/mol. The summed E-state index contributed by atoms with van der Waals surface area (Å²) in [4.78, 5) is 0.360. The van der Waals surface area contributed by atoms with Crippen LogP contribution in [0.1, 0.15) is 25.7 Å². The minimum Gasteiger partial charge on any atom is -0.382 e. The molecule has 1 aliphatic rings. The summed E-state index contributed by atoms with van der Waals surface area (Å²) in [7, 11) is -3.10. The molecule has 0 saturated heterocycles. The van der Waals surface area contributed by atoms with Crippen molar-refractivity contribution in [3.8, 4) is 0 Å². The Hall–Kier alpha value is -1.07. The molecule has 5 heteroatoms. The third kappa shape index (κ3) is 3.46. The van der Waals surface area contributed by atoms with Crippen molar-refractivity contribution in [3.63, 3.8) is 0 Å². The van der Waals surface area contributed by atoms with Crippen molar-refractivity contribution < 1.29 is 8.42 Å². The number of nitrogens with one attached hydrogen (secondary N) is 1. The molecule has 1 aromatic rings. The van der Waals surface area contributed by atoms with Gasteiger partial charge in [-0.2, -0.15) is 0 Å². The van der Waals surface area contributed by atoms with Crippen LogP contribution in [0.2, 0.25) is 0 Å². The Morgan fingerprint density at radius 2 is 1.67 bits per heavy atom. The molecule has 3 N–H and O–H groups in total. The second kappa shape index (κ2) is 5.28. The van der Waals surface area contributed by atoms with Gasteiger partial charge in [-0.3, -0.25) is 0 Å². The van der Waals surface area contributed by atoms with E-state index in [1.807, 2.05) is 12.1 Å². The number of rotatable bonds is 3. The zero-order valence-corrected chi connectivity index (χ0v) is 11.4. The number of nitrogens with two attached hydrogens (primary N) is 1. The SMILES string of the molecule is CS(=O)(=O)c1ccc(NC2CCC(N)CC2)cc1. The molecule has 0 atom stereocenters. The third-order valence-corrected chi connectivity index (χ3v) is 4.55. The lowest BCUT2D eigenvalue weighted by atomic mass is 9.92. The van der Waals surface area contributed by atoms with E-state index >= 15 is 0 Å². The molecule has 18 heavy (non-hydrogen) atoms. The standard InChI is InChI=1S/C13H20N2O2S/c1-18(16,17)13-8-6-12(7-9-13)15-11-4-2-10(14)3-5-11/h6-11,15H,2-5,14H2,1H3. The number of hydrogen-bond donors (Lipinski definition) is 2. The highest BCUT2D eigenvalue weighted by molar-refractivity contribution is 7.90. The Morgan fingerprint density at radius 3 is 2.17 bits per heavy atom. The predicted octanol–water partition coefficient (Wildman–Crippen LogP) is 1.77. The zero-order chi connectivity index (χ0) is 13.2. The summed E-state index contributed by atoms with van der Waals surface area (Å²) >= 11 is 0. The van der Waals surface area contributed by atoms with Gasteiger partial charge in [0.1, 0.15) is 0 Å². The molecule has 0 amide bonds. The Kier molecular flexibility index (Phi) is 3.92. The predicted molar refractivity (Wildman–Crippen MR) is 73.4 cm³/mol. The summed E-state index contributed by atoms with van der Waals surface area (Å²) in [5.74, 6) is 0. The average molecular weight is 268 g/mol. The number of benzene rings is 1. The van der Waals surface area contributed by atoms with Gasteiger partial charge in [0.15, 0.2) is 9.84 Å². The van der Waals surface area contributed by atoms with Gasteiger partial charge >= 0.3 is 0 Å². The number of anilines is 1. The van der Waals surface area contributed by atoms with Gasteiger partial charge in [0.05, 0.1) is 4.90 Å². The van der Waals surface area contributed by atoms with Gasteiger partial charge in [-0.15, -0.1) is 0 Å². The number of sulfone groups is 1. The Bertz CT molecular complexity index is 488. The van der Waals surface area contributed by atoms with Crippen LogP contribution in [0.3, 0.4) is 0 Å². The molecule has 0 spiro atoms. The Labute approximate surface area is 108 Å². The van der Waals surface area contributed by atoms with Crippen molar-refractivity contribution in [2.45, 2.75) is 42.7 Å². The summed E-state index contributed by atoms with van der Waals surface area (Å²) < 4.78 is 22.7. The van der Waals surface area contributed by atoms with E-state index in [9.17, 15) is 8.42 Å². The van der Waals surface area contributed by atoms with Crippen molar-refractivity contribution in [2.24, 2.45) is 5.73 Å². The van der Waals surface area contributed by atoms with Gasteiger partial charge in [-0.05, 0) is 49.9 Å². The van der Waals surface area contributed by atoms with E-state index in [-0.39, 0.29) is 0 Å². The molecule has 1 saturated carbocycles. The summed E-state index contributed by atoms with van der Waals surface area (Å²) in [5.41, 5.74) is 6.84. The molecular formula is C13H20N2O2S. The molecule has 0 unspecified atom stereocenters. The molecule has 2 rings (SSSR count). The average Bonchev–Trinajstić information content (AvgIpc) is 2.32. The van der Waals surface area contributed by atoms with Crippen molar-refractivity contribution in [1.82, 2.24) is 0 Å². The first-order valence-electron chi connectivity index (χ1n) is 6.27. The molecule has 0 heterocycles. The Morgan fingerprint density at radius 1 is 1.11 bits per heavy atom. The first-order valence-corrected chi connectivity index (χ1v) is 8.16. The molecule has 0 aromatic heterocycles. The molecule has 0 radical (unpaired) electrons. The fraction of sp³-hybridized carbons (Fsp3) is 0.538. The summed E-state index contributed by atoms with van der Waals surface area (Å²) in [6, 6.07) is 7.73. The maximum Gasteiger partial charge on any atom is 0.175 e. The van der Waals surface area contributed by atoms with Gasteiger partial charge in [0.25, 0.3) is 0 Å². The topological polar surface area (TPSA) is 72.2 Å². The highest BCUT2D eigenvalue weighted by Crippen LogP contribution is 2.22. The normalized spacial score (nSPS) is 24.8. The van der Waals surface area contributed by atoms with Crippen molar-refractivity contribution in [3.05, 3.63) is 24.3 Å². The molecule has 100 valence electrons. The third-order valence-electron chi connectivity index (χ3n) is 3.43. The second-order valence-corrected chi connectivity index (χ2v) is 7.07. The van der Waals surface area contributed by atoms with Crippen molar-refractivity contribution >= 4 is 15.5 Å². The van der Waals surface area contributed by atoms with Crippen LogP contribution in [0.25, 0.3) is 0 Å². The molecule has 1 aromatic carbocycles. The van der Waals surface area contributed by atoms with Crippen LogP contribution in [0, 0.1) is 0 Å². The minimum atomic E-state index is -3.10. The van der Waals surface area contributed by atoms with E-state index in [0.717, 1.165) is 31.4 Å². The van der Waals surface area contributed by atoms with Gasteiger partial charge in [-0.25, -0.2) is 8.42 Å². The minimum absolute atomic E-state index is 0.343. The monoisotopic (exact) mass is 268 g/mol. The van der Waals surface area contributed by atoms with E-state index in [1.165, 1.54) is 6.26 Å². The maximum absolute atomic E-state index is 11.3. The van der Waals surface area contributed by atoms with E-state index in [0.29, 0.717) is 17.0 Å². The van der Waals surface area contributed by atoms with Gasteiger partial charge in [0, 0.05) is 24.0 Å². The van der Waals surface area contributed by atoms with Gasteiger partial charge < -0.3 is 11.1 Å². The van der Waals surface area contributed by atoms with E-state index in [4.69, 9.17) is 5.73 Å². The Balaban J connectivity index is 1.98. The lowest BCUT2D eigenvalue weighted by Crippen LogP contribution is -2.32. The largest absolute Gasteiger partial charge is 0.382 e. The molecule has 1 aliphatic carbocycles. The summed E-state index contributed by atoms with van der Waals surface area (Å²) in [5, 5.41) is 3.43. The van der Waals surface area contributed by atoms with Crippen LogP contribution in [-0.2, 0) is 9.84 Å². The van der Waals surface area contributed by atoms with Crippen LogP contribution in [0.5, 0.6) is 0 Å². The van der Waals surface area contributed by atoms with Crippen LogP contribution in [-0.4, -0.2) is 26.8 Å². The van der Waals surface area contributed by atoms with Crippen LogP contribution >= 0.6 is 0 Å². The van der Waals surface area contributed by atoms with Gasteiger partial charge in [0.2, 0.25) is 0 Å². The van der Waals surface area contributed by atoms with E-state index in [2.05, 4.69) is 5.32 Å². The molecule has 0 bridgehead atoms. The summed E-state index contributed by atoms with van der Waals surface area (Å²) in [6.45, 7) is 0. The highest BCUT2D eigenvalue weighted by Gasteiger charge is 2.18. The van der Waals surface area contributed by atoms with Crippen molar-refractivity contribution in [2.75, 3.05) is 11.6 Å². The fourth-order valence-electron chi connectivity index (χ4n) is 2.30. The fourth-order valence-corrected chi connectivity index (χ4v) is 2.93. The summed E-state index contributed by atoms with van der Waals surface area (Å²) in [6.07, 6.45) is 5.49. The highest BCUT2D eigenvalue weighted by atomic mass is 32.2. The zero-order valence-electron chi connectivity index (χ0n) is 10.6. The number of hydrogen-bond acceptors (Lipinski definition) is 4. The lowest BCUT2D eigenvalue weighted by molar-refractivity contribution is 0.411. The van der Waals surface area contributed by atoms with E-state index in [1.54, 1.807) is 12.1 Å². The van der Waals surface area contributed by atoms with Gasteiger partial charge in [-0.1, -0.05) is 0 Å².